The topological polar surface area (TPSA) is 87.7 Å². The number of nitrogens with one attached hydrogen (secondary N) is 2. The van der Waals surface area contributed by atoms with Crippen molar-refractivity contribution >= 4 is 34.6 Å². The molecule has 7 nitrogen and oxygen atoms in total. The predicted molar refractivity (Wildman–Crippen MR) is 82.5 cm³/mol. The fraction of sp³-hybridized carbons (Fsp3) is 0.286. The number of thioether (sulfide) groups is 1. The van der Waals surface area contributed by atoms with Gasteiger partial charge < -0.3 is 4.98 Å². The minimum atomic E-state index is -0.169. The lowest BCUT2D eigenvalue weighted by molar-refractivity contribution is -0.779. The number of amides is 1. The van der Waals surface area contributed by atoms with Crippen molar-refractivity contribution < 1.29 is 14.0 Å². The molecule has 1 amide bonds. The summed E-state index contributed by atoms with van der Waals surface area (Å²) in [5.41, 5.74) is 1.84. The standard InChI is InChI=1S/C14H15N5O2S/c1-9(2)19-7-13(21-18-19)17-12(20)8-22-14-15-10-5-3-4-6-11(10)16-14/h3-7,9H,8H2,1-2H3,(H-,15,16,17,18,20)/p+1. The molecule has 0 atom stereocenters. The quantitative estimate of drug-likeness (QED) is 0.556. The number of H-pyrrole nitrogens is 1. The van der Waals surface area contributed by atoms with E-state index in [0.29, 0.717) is 11.0 Å². The van der Waals surface area contributed by atoms with Gasteiger partial charge in [-0.2, -0.15) is 0 Å². The minimum absolute atomic E-state index is 0.169. The number of carbonyl (C=O) groups excluding carboxylic acids is 1. The summed E-state index contributed by atoms with van der Waals surface area (Å²) in [5, 5.41) is 7.20. The fourth-order valence-electron chi connectivity index (χ4n) is 1.86. The van der Waals surface area contributed by atoms with Crippen LogP contribution in [0, 0.1) is 0 Å². The Morgan fingerprint density at radius 3 is 3.00 bits per heavy atom. The number of fused-ring (bicyclic) bond motifs is 1. The number of para-hydroxylation sites is 2. The molecular formula is C14H16N5O2S+. The normalized spacial score (nSPS) is 11.2. The fourth-order valence-corrected chi connectivity index (χ4v) is 2.55. The summed E-state index contributed by atoms with van der Waals surface area (Å²) in [4.78, 5) is 19.5. The monoisotopic (exact) mass is 318 g/mol. The molecule has 114 valence electrons. The highest BCUT2D eigenvalue weighted by atomic mass is 32.2. The Labute approximate surface area is 131 Å². The third-order valence-corrected chi connectivity index (χ3v) is 3.86. The first-order valence-electron chi connectivity index (χ1n) is 6.87. The molecule has 2 N–H and O–H groups in total. The number of hydrogen-bond acceptors (Lipinski definition) is 5. The third-order valence-electron chi connectivity index (χ3n) is 2.98. The van der Waals surface area contributed by atoms with Crippen molar-refractivity contribution in [2.24, 2.45) is 0 Å². The van der Waals surface area contributed by atoms with Gasteiger partial charge in [-0.05, 0) is 30.7 Å². The van der Waals surface area contributed by atoms with E-state index in [0.717, 1.165) is 11.0 Å². The van der Waals surface area contributed by atoms with Gasteiger partial charge in [-0.3, -0.25) is 14.6 Å². The van der Waals surface area contributed by atoms with Crippen molar-refractivity contribution in [1.29, 1.82) is 0 Å². The van der Waals surface area contributed by atoms with Crippen molar-refractivity contribution in [3.05, 3.63) is 30.5 Å². The number of benzene rings is 1. The van der Waals surface area contributed by atoms with Gasteiger partial charge in [0.1, 0.15) is 0 Å². The van der Waals surface area contributed by atoms with Gasteiger partial charge in [0, 0.05) is 0 Å². The number of nitrogens with zero attached hydrogens (tertiary/aromatic N) is 3. The number of imidazole rings is 1. The van der Waals surface area contributed by atoms with Gasteiger partial charge in [-0.15, -0.1) is 0 Å². The molecule has 8 heteroatoms. The van der Waals surface area contributed by atoms with Crippen LogP contribution >= 0.6 is 11.8 Å². The zero-order valence-corrected chi connectivity index (χ0v) is 13.1. The van der Waals surface area contributed by atoms with Gasteiger partial charge in [0.2, 0.25) is 11.2 Å². The number of aromatic amines is 1. The van der Waals surface area contributed by atoms with E-state index in [1.807, 2.05) is 38.1 Å². The summed E-state index contributed by atoms with van der Waals surface area (Å²) in [5.74, 6) is 0.406. The maximum atomic E-state index is 11.9. The van der Waals surface area contributed by atoms with Gasteiger partial charge in [-0.25, -0.2) is 4.98 Å². The highest BCUT2D eigenvalue weighted by Gasteiger charge is 2.17. The largest absolute Gasteiger partial charge is 0.333 e. The second-order valence-electron chi connectivity index (χ2n) is 5.04. The van der Waals surface area contributed by atoms with Gasteiger partial charge in [0.05, 0.1) is 16.8 Å². The van der Waals surface area contributed by atoms with Crippen LogP contribution in [-0.2, 0) is 4.79 Å². The molecule has 0 saturated heterocycles. The van der Waals surface area contributed by atoms with Gasteiger partial charge in [0.15, 0.2) is 11.2 Å². The van der Waals surface area contributed by atoms with Crippen LogP contribution in [-0.4, -0.2) is 26.9 Å². The smallest absolute Gasteiger partial charge is 0.302 e. The molecule has 0 unspecified atom stereocenters. The van der Waals surface area contributed by atoms with Crippen molar-refractivity contribution in [3.63, 3.8) is 0 Å². The number of aromatic nitrogens is 4. The number of hydrogen-bond donors (Lipinski definition) is 2. The van der Waals surface area contributed by atoms with E-state index in [4.69, 9.17) is 4.52 Å². The van der Waals surface area contributed by atoms with Gasteiger partial charge >= 0.3 is 5.88 Å². The summed E-state index contributed by atoms with van der Waals surface area (Å²) in [6.07, 6.45) is 1.66. The Kier molecular flexibility index (Phi) is 4.10. The number of anilines is 1. The van der Waals surface area contributed by atoms with E-state index in [2.05, 4.69) is 20.6 Å². The lowest BCUT2D eigenvalue weighted by atomic mass is 10.3. The van der Waals surface area contributed by atoms with Crippen molar-refractivity contribution in [3.8, 4) is 0 Å². The second kappa shape index (κ2) is 6.18. The van der Waals surface area contributed by atoms with Crippen LogP contribution in [0.4, 0.5) is 5.88 Å². The Morgan fingerprint density at radius 1 is 1.45 bits per heavy atom. The molecule has 22 heavy (non-hydrogen) atoms. The third kappa shape index (κ3) is 3.28. The van der Waals surface area contributed by atoms with E-state index in [1.54, 1.807) is 10.9 Å². The van der Waals surface area contributed by atoms with E-state index in [1.165, 1.54) is 11.8 Å². The van der Waals surface area contributed by atoms with Crippen LogP contribution in [0.1, 0.15) is 19.9 Å². The lowest BCUT2D eigenvalue weighted by Gasteiger charge is -1.97. The van der Waals surface area contributed by atoms with Gasteiger partial charge in [0.25, 0.3) is 6.20 Å². The Hall–Kier alpha value is -2.35. The van der Waals surface area contributed by atoms with Crippen LogP contribution in [0.2, 0.25) is 0 Å². The predicted octanol–water partition coefficient (Wildman–Crippen LogP) is 2.15. The van der Waals surface area contributed by atoms with E-state index in [-0.39, 0.29) is 17.7 Å². The van der Waals surface area contributed by atoms with E-state index in [9.17, 15) is 4.79 Å². The number of rotatable bonds is 5. The molecule has 0 fully saturated rings. The molecule has 2 aromatic heterocycles. The van der Waals surface area contributed by atoms with E-state index < -0.39 is 0 Å². The van der Waals surface area contributed by atoms with Crippen molar-refractivity contribution in [1.82, 2.24) is 15.2 Å². The molecule has 2 heterocycles. The van der Waals surface area contributed by atoms with Crippen LogP contribution in [0.5, 0.6) is 0 Å². The molecule has 0 bridgehead atoms. The van der Waals surface area contributed by atoms with E-state index >= 15 is 0 Å². The average molecular weight is 318 g/mol. The Morgan fingerprint density at radius 2 is 2.27 bits per heavy atom. The molecule has 1 aromatic carbocycles. The van der Waals surface area contributed by atoms with Crippen molar-refractivity contribution in [2.75, 3.05) is 11.1 Å². The molecule has 3 rings (SSSR count). The maximum absolute atomic E-state index is 11.9. The zero-order chi connectivity index (χ0) is 15.5. The second-order valence-corrected chi connectivity index (χ2v) is 6.00. The molecular weight excluding hydrogens is 302 g/mol. The molecule has 0 radical (unpaired) electrons. The first-order valence-corrected chi connectivity index (χ1v) is 7.86. The summed E-state index contributed by atoms with van der Waals surface area (Å²) in [6.45, 7) is 3.96. The number of carbonyl (C=O) groups is 1. The van der Waals surface area contributed by atoms with Crippen molar-refractivity contribution in [2.45, 2.75) is 25.0 Å². The lowest BCUT2D eigenvalue weighted by Crippen LogP contribution is -2.36. The van der Waals surface area contributed by atoms with Crippen LogP contribution in [0.3, 0.4) is 0 Å². The van der Waals surface area contributed by atoms with Gasteiger partial charge in [-0.1, -0.05) is 23.9 Å². The zero-order valence-electron chi connectivity index (χ0n) is 12.2. The molecule has 0 aliphatic heterocycles. The Balaban J connectivity index is 1.57. The first-order chi connectivity index (χ1) is 10.6. The minimum Gasteiger partial charge on any atom is -0.333 e. The molecule has 0 aliphatic carbocycles. The highest BCUT2D eigenvalue weighted by Crippen LogP contribution is 2.19. The molecule has 3 aromatic rings. The first kappa shape index (κ1) is 14.6. The Bertz CT molecular complexity index is 762. The average Bonchev–Trinajstić information content (AvgIpc) is 3.11. The highest BCUT2D eigenvalue weighted by molar-refractivity contribution is 7.99. The summed E-state index contributed by atoms with van der Waals surface area (Å²) in [6, 6.07) is 7.92. The van der Waals surface area contributed by atoms with Crippen LogP contribution < -0.4 is 10.00 Å². The van der Waals surface area contributed by atoms with Crippen LogP contribution in [0.15, 0.2) is 40.1 Å². The molecule has 0 saturated carbocycles. The SMILES string of the molecule is CC(C)[n+]1cc(NC(=O)CSc2nc3ccccc3[nH]2)on1. The summed E-state index contributed by atoms with van der Waals surface area (Å²) < 4.78 is 6.69. The van der Waals surface area contributed by atoms with Crippen LogP contribution in [0.25, 0.3) is 11.0 Å². The summed E-state index contributed by atoms with van der Waals surface area (Å²) in [7, 11) is 0. The molecule has 0 aliphatic rings. The summed E-state index contributed by atoms with van der Waals surface area (Å²) >= 11 is 1.34. The molecule has 0 spiro atoms. The maximum Gasteiger partial charge on any atom is 0.302 e.